The molecule has 0 atom stereocenters. The fraction of sp³-hybridized carbons (Fsp3) is 0.500. The Kier molecular flexibility index (Phi) is 3.35. The highest BCUT2D eigenvalue weighted by Crippen LogP contribution is 2.26. The molecule has 1 aromatic rings. The molecule has 0 radical (unpaired) electrons. The average molecular weight is 229 g/mol. The molecule has 0 aromatic heterocycles. The van der Waals surface area contributed by atoms with E-state index in [9.17, 15) is 0 Å². The first-order valence-corrected chi connectivity index (χ1v) is 6.09. The third-order valence-electron chi connectivity index (χ3n) is 3.12. The van der Waals surface area contributed by atoms with Gasteiger partial charge in [-0.2, -0.15) is 5.26 Å². The SMILES string of the molecule is CC(C)(C#N)CNCc1cccc2c1NCC2. The molecule has 17 heavy (non-hydrogen) atoms. The molecule has 3 nitrogen and oxygen atoms in total. The van der Waals surface area contributed by atoms with Gasteiger partial charge in [-0.3, -0.25) is 0 Å². The largest absolute Gasteiger partial charge is 0.384 e. The summed E-state index contributed by atoms with van der Waals surface area (Å²) in [4.78, 5) is 0. The van der Waals surface area contributed by atoms with E-state index in [4.69, 9.17) is 5.26 Å². The monoisotopic (exact) mass is 229 g/mol. The minimum Gasteiger partial charge on any atom is -0.384 e. The van der Waals surface area contributed by atoms with E-state index in [0.717, 1.165) is 19.5 Å². The van der Waals surface area contributed by atoms with Gasteiger partial charge in [0.1, 0.15) is 0 Å². The van der Waals surface area contributed by atoms with E-state index >= 15 is 0 Å². The van der Waals surface area contributed by atoms with Crippen molar-refractivity contribution in [1.29, 1.82) is 5.26 Å². The molecular weight excluding hydrogens is 210 g/mol. The van der Waals surface area contributed by atoms with Gasteiger partial charge in [0.2, 0.25) is 0 Å². The summed E-state index contributed by atoms with van der Waals surface area (Å²) in [6.45, 7) is 6.48. The van der Waals surface area contributed by atoms with Crippen molar-refractivity contribution in [2.45, 2.75) is 26.8 Å². The summed E-state index contributed by atoms with van der Waals surface area (Å²) in [7, 11) is 0. The number of nitrogens with one attached hydrogen (secondary N) is 2. The zero-order valence-corrected chi connectivity index (χ0v) is 10.5. The highest BCUT2D eigenvalue weighted by Gasteiger charge is 2.17. The molecule has 1 heterocycles. The quantitative estimate of drug-likeness (QED) is 0.832. The Bertz CT molecular complexity index is 443. The molecule has 0 saturated carbocycles. The van der Waals surface area contributed by atoms with Gasteiger partial charge in [-0.25, -0.2) is 0 Å². The standard InChI is InChI=1S/C14H19N3/c1-14(2,9-15)10-16-8-12-5-3-4-11-6-7-17-13(11)12/h3-5,16-17H,6-8,10H2,1-2H3. The second kappa shape index (κ2) is 4.77. The van der Waals surface area contributed by atoms with Gasteiger partial charge in [0, 0.05) is 25.3 Å². The lowest BCUT2D eigenvalue weighted by atomic mass is 9.96. The second-order valence-electron chi connectivity index (χ2n) is 5.23. The molecule has 0 amide bonds. The van der Waals surface area contributed by atoms with Gasteiger partial charge in [0.05, 0.1) is 11.5 Å². The van der Waals surface area contributed by atoms with E-state index in [0.29, 0.717) is 6.54 Å². The van der Waals surface area contributed by atoms with Gasteiger partial charge in [0.15, 0.2) is 0 Å². The summed E-state index contributed by atoms with van der Waals surface area (Å²) < 4.78 is 0. The maximum Gasteiger partial charge on any atom is 0.0697 e. The third kappa shape index (κ3) is 2.78. The first-order valence-electron chi connectivity index (χ1n) is 6.09. The summed E-state index contributed by atoms with van der Waals surface area (Å²) in [5.41, 5.74) is 3.69. The van der Waals surface area contributed by atoms with E-state index in [-0.39, 0.29) is 5.41 Å². The number of rotatable bonds is 4. The summed E-state index contributed by atoms with van der Waals surface area (Å²) in [6, 6.07) is 8.73. The van der Waals surface area contributed by atoms with E-state index in [1.165, 1.54) is 16.8 Å². The van der Waals surface area contributed by atoms with Crippen LogP contribution in [0.15, 0.2) is 18.2 Å². The number of benzene rings is 1. The van der Waals surface area contributed by atoms with Crippen molar-refractivity contribution in [3.63, 3.8) is 0 Å². The zero-order valence-electron chi connectivity index (χ0n) is 10.5. The van der Waals surface area contributed by atoms with E-state index in [1.54, 1.807) is 0 Å². The third-order valence-corrected chi connectivity index (χ3v) is 3.12. The molecule has 0 fully saturated rings. The molecule has 1 aliphatic rings. The molecule has 90 valence electrons. The average Bonchev–Trinajstić information content (AvgIpc) is 2.78. The van der Waals surface area contributed by atoms with Crippen LogP contribution in [0.2, 0.25) is 0 Å². The van der Waals surface area contributed by atoms with Crippen LogP contribution >= 0.6 is 0 Å². The molecule has 0 saturated heterocycles. The van der Waals surface area contributed by atoms with Gasteiger partial charge < -0.3 is 10.6 Å². The Hall–Kier alpha value is -1.53. The van der Waals surface area contributed by atoms with Gasteiger partial charge in [0.25, 0.3) is 0 Å². The topological polar surface area (TPSA) is 47.9 Å². The van der Waals surface area contributed by atoms with Crippen LogP contribution in [-0.2, 0) is 13.0 Å². The maximum absolute atomic E-state index is 8.94. The molecule has 1 aromatic carbocycles. The fourth-order valence-corrected chi connectivity index (χ4v) is 2.11. The molecule has 3 heteroatoms. The van der Waals surface area contributed by atoms with Crippen molar-refractivity contribution in [3.8, 4) is 6.07 Å². The van der Waals surface area contributed by atoms with Crippen LogP contribution in [0.5, 0.6) is 0 Å². The van der Waals surface area contributed by atoms with Crippen LogP contribution in [0.3, 0.4) is 0 Å². The van der Waals surface area contributed by atoms with Crippen molar-refractivity contribution >= 4 is 5.69 Å². The number of para-hydroxylation sites is 1. The van der Waals surface area contributed by atoms with Crippen LogP contribution < -0.4 is 10.6 Å². The van der Waals surface area contributed by atoms with Gasteiger partial charge in [-0.1, -0.05) is 18.2 Å². The molecular formula is C14H19N3. The molecule has 2 rings (SSSR count). The van der Waals surface area contributed by atoms with Crippen LogP contribution in [0.1, 0.15) is 25.0 Å². The molecule has 0 bridgehead atoms. The van der Waals surface area contributed by atoms with Crippen molar-refractivity contribution in [1.82, 2.24) is 5.32 Å². The molecule has 0 aliphatic carbocycles. The first-order chi connectivity index (χ1) is 8.12. The fourth-order valence-electron chi connectivity index (χ4n) is 2.11. The number of nitrogens with zero attached hydrogens (tertiary/aromatic N) is 1. The lowest BCUT2D eigenvalue weighted by molar-refractivity contribution is 0.445. The Labute approximate surface area is 103 Å². The van der Waals surface area contributed by atoms with Crippen LogP contribution in [0.4, 0.5) is 5.69 Å². The first kappa shape index (κ1) is 11.9. The predicted molar refractivity (Wildman–Crippen MR) is 69.7 cm³/mol. The number of hydrogen-bond acceptors (Lipinski definition) is 3. The predicted octanol–water partition coefficient (Wildman–Crippen LogP) is 2.29. The van der Waals surface area contributed by atoms with E-state index in [1.807, 2.05) is 13.8 Å². The smallest absolute Gasteiger partial charge is 0.0697 e. The molecule has 0 unspecified atom stereocenters. The summed E-state index contributed by atoms with van der Waals surface area (Å²) in [6.07, 6.45) is 1.12. The summed E-state index contributed by atoms with van der Waals surface area (Å²) >= 11 is 0. The van der Waals surface area contributed by atoms with Crippen LogP contribution in [0.25, 0.3) is 0 Å². The molecule has 0 spiro atoms. The van der Waals surface area contributed by atoms with Crippen molar-refractivity contribution in [3.05, 3.63) is 29.3 Å². The highest BCUT2D eigenvalue weighted by atomic mass is 14.9. The number of nitriles is 1. The minimum atomic E-state index is -0.300. The van der Waals surface area contributed by atoms with Crippen LogP contribution in [0, 0.1) is 16.7 Å². The van der Waals surface area contributed by atoms with Crippen LogP contribution in [-0.4, -0.2) is 13.1 Å². The molecule has 1 aliphatic heterocycles. The van der Waals surface area contributed by atoms with Crippen molar-refractivity contribution in [2.24, 2.45) is 5.41 Å². The highest BCUT2D eigenvalue weighted by molar-refractivity contribution is 5.61. The van der Waals surface area contributed by atoms with Crippen molar-refractivity contribution in [2.75, 3.05) is 18.4 Å². The summed E-state index contributed by atoms with van der Waals surface area (Å²) in [5.74, 6) is 0. The van der Waals surface area contributed by atoms with Gasteiger partial charge in [-0.05, 0) is 31.4 Å². The Morgan fingerprint density at radius 2 is 2.29 bits per heavy atom. The minimum absolute atomic E-state index is 0.300. The normalized spacial score (nSPS) is 13.9. The zero-order chi connectivity index (χ0) is 12.3. The lowest BCUT2D eigenvalue weighted by Gasteiger charge is -2.17. The van der Waals surface area contributed by atoms with Gasteiger partial charge >= 0.3 is 0 Å². The number of anilines is 1. The second-order valence-corrected chi connectivity index (χ2v) is 5.23. The Balaban J connectivity index is 1.97. The molecule has 2 N–H and O–H groups in total. The maximum atomic E-state index is 8.94. The van der Waals surface area contributed by atoms with E-state index in [2.05, 4.69) is 34.9 Å². The Morgan fingerprint density at radius 1 is 1.47 bits per heavy atom. The summed E-state index contributed by atoms with van der Waals surface area (Å²) in [5, 5.41) is 15.7. The number of hydrogen-bond donors (Lipinski definition) is 2. The van der Waals surface area contributed by atoms with Crippen molar-refractivity contribution < 1.29 is 0 Å². The van der Waals surface area contributed by atoms with Gasteiger partial charge in [-0.15, -0.1) is 0 Å². The lowest BCUT2D eigenvalue weighted by Crippen LogP contribution is -2.27. The Morgan fingerprint density at radius 3 is 3.06 bits per heavy atom. The number of fused-ring (bicyclic) bond motifs is 1. The van der Waals surface area contributed by atoms with E-state index < -0.39 is 0 Å².